The Bertz CT molecular complexity index is 516. The van der Waals surface area contributed by atoms with E-state index in [1.807, 2.05) is 12.3 Å². The second-order valence-corrected chi connectivity index (χ2v) is 5.88. The molecule has 3 heteroatoms. The van der Waals surface area contributed by atoms with Crippen molar-refractivity contribution in [3.05, 3.63) is 35.5 Å². The molecular formula is C16H23ClN2. The molecule has 0 bridgehead atoms. The number of halogens is 1. The minimum atomic E-state index is 0.800. The number of nitrogens with zero attached hydrogens (tertiary/aromatic N) is 1. The third-order valence-electron chi connectivity index (χ3n) is 3.40. The summed E-state index contributed by atoms with van der Waals surface area (Å²) in [6.45, 7) is 7.61. The van der Waals surface area contributed by atoms with Crippen molar-refractivity contribution in [1.82, 2.24) is 9.88 Å². The molecule has 0 aliphatic carbocycles. The Kier molecular flexibility index (Phi) is 5.29. The molecule has 0 aliphatic rings. The summed E-state index contributed by atoms with van der Waals surface area (Å²) in [6.07, 6.45) is 4.58. The second kappa shape index (κ2) is 6.97. The van der Waals surface area contributed by atoms with E-state index in [1.165, 1.54) is 18.4 Å². The van der Waals surface area contributed by atoms with Crippen LogP contribution in [0.4, 0.5) is 0 Å². The van der Waals surface area contributed by atoms with Crippen molar-refractivity contribution in [2.75, 3.05) is 13.1 Å². The van der Waals surface area contributed by atoms with E-state index in [0.717, 1.165) is 36.0 Å². The molecule has 19 heavy (non-hydrogen) atoms. The minimum absolute atomic E-state index is 0.800. The first kappa shape index (κ1) is 14.4. The second-order valence-electron chi connectivity index (χ2n) is 5.47. The highest BCUT2D eigenvalue weighted by Gasteiger charge is 2.05. The number of rotatable bonds is 7. The lowest BCUT2D eigenvalue weighted by Crippen LogP contribution is -2.21. The Hall–Kier alpha value is -0.990. The van der Waals surface area contributed by atoms with Crippen LogP contribution in [0.15, 0.2) is 30.5 Å². The Balaban J connectivity index is 1.82. The molecular weight excluding hydrogens is 256 g/mol. The number of fused-ring (bicyclic) bond motifs is 1. The third kappa shape index (κ3) is 3.99. The lowest BCUT2D eigenvalue weighted by atomic mass is 10.1. The van der Waals surface area contributed by atoms with Gasteiger partial charge in [0, 0.05) is 30.2 Å². The largest absolute Gasteiger partial charge is 0.345 e. The van der Waals surface area contributed by atoms with E-state index in [2.05, 4.69) is 41.9 Å². The molecule has 0 radical (unpaired) electrons. The Morgan fingerprint density at radius 3 is 2.79 bits per heavy atom. The molecule has 1 N–H and O–H groups in total. The van der Waals surface area contributed by atoms with Crippen molar-refractivity contribution >= 4 is 22.5 Å². The van der Waals surface area contributed by atoms with E-state index < -0.39 is 0 Å². The van der Waals surface area contributed by atoms with Gasteiger partial charge in [0.2, 0.25) is 0 Å². The summed E-state index contributed by atoms with van der Waals surface area (Å²) in [5, 5.41) is 5.48. The molecule has 104 valence electrons. The van der Waals surface area contributed by atoms with E-state index in [0.29, 0.717) is 0 Å². The van der Waals surface area contributed by atoms with E-state index in [4.69, 9.17) is 11.6 Å². The molecule has 0 saturated carbocycles. The Labute approximate surface area is 120 Å². The summed E-state index contributed by atoms with van der Waals surface area (Å²) in [5.41, 5.74) is 1.22. The van der Waals surface area contributed by atoms with Crippen LogP contribution in [0.2, 0.25) is 5.02 Å². The van der Waals surface area contributed by atoms with Crippen LogP contribution in [0.3, 0.4) is 0 Å². The van der Waals surface area contributed by atoms with E-state index in [1.54, 1.807) is 0 Å². The van der Waals surface area contributed by atoms with E-state index >= 15 is 0 Å². The van der Waals surface area contributed by atoms with Gasteiger partial charge in [-0.1, -0.05) is 43.6 Å². The SMILES string of the molecule is CC(C)CCCNCCn1cc(Cl)c2ccccc21. The van der Waals surface area contributed by atoms with Crippen molar-refractivity contribution in [2.24, 2.45) is 5.92 Å². The fourth-order valence-corrected chi connectivity index (χ4v) is 2.62. The Morgan fingerprint density at radius 2 is 2.00 bits per heavy atom. The first-order valence-electron chi connectivity index (χ1n) is 7.12. The molecule has 0 fully saturated rings. The molecule has 2 rings (SSSR count). The normalized spacial score (nSPS) is 11.6. The summed E-state index contributed by atoms with van der Waals surface area (Å²) < 4.78 is 2.23. The van der Waals surface area contributed by atoms with Crippen LogP contribution < -0.4 is 5.32 Å². The van der Waals surface area contributed by atoms with Crippen LogP contribution >= 0.6 is 11.6 Å². The molecule has 2 nitrogen and oxygen atoms in total. The summed E-state index contributed by atoms with van der Waals surface area (Å²) in [4.78, 5) is 0. The third-order valence-corrected chi connectivity index (χ3v) is 3.71. The zero-order chi connectivity index (χ0) is 13.7. The molecule has 2 aromatic rings. The summed E-state index contributed by atoms with van der Waals surface area (Å²) in [7, 11) is 0. The predicted molar refractivity (Wildman–Crippen MR) is 83.9 cm³/mol. The van der Waals surface area contributed by atoms with Gasteiger partial charge in [0.25, 0.3) is 0 Å². The first-order chi connectivity index (χ1) is 9.18. The lowest BCUT2D eigenvalue weighted by molar-refractivity contribution is 0.517. The zero-order valence-electron chi connectivity index (χ0n) is 11.8. The molecule has 0 amide bonds. The van der Waals surface area contributed by atoms with Crippen LogP contribution in [0.1, 0.15) is 26.7 Å². The van der Waals surface area contributed by atoms with Gasteiger partial charge in [-0.3, -0.25) is 0 Å². The summed E-state index contributed by atoms with van der Waals surface area (Å²) in [5.74, 6) is 0.800. The summed E-state index contributed by atoms with van der Waals surface area (Å²) in [6, 6.07) is 8.29. The van der Waals surface area contributed by atoms with Crippen LogP contribution in [0.5, 0.6) is 0 Å². The molecule has 1 heterocycles. The van der Waals surface area contributed by atoms with Gasteiger partial charge in [0.05, 0.1) is 5.02 Å². The molecule has 0 aliphatic heterocycles. The monoisotopic (exact) mass is 278 g/mol. The number of nitrogens with one attached hydrogen (secondary N) is 1. The van der Waals surface area contributed by atoms with Crippen molar-refractivity contribution in [3.8, 4) is 0 Å². The van der Waals surface area contributed by atoms with Crippen molar-refractivity contribution in [1.29, 1.82) is 0 Å². The minimum Gasteiger partial charge on any atom is -0.345 e. The van der Waals surface area contributed by atoms with Crippen molar-refractivity contribution in [2.45, 2.75) is 33.2 Å². The topological polar surface area (TPSA) is 17.0 Å². The highest BCUT2D eigenvalue weighted by atomic mass is 35.5. The van der Waals surface area contributed by atoms with Crippen LogP contribution in [-0.4, -0.2) is 17.7 Å². The van der Waals surface area contributed by atoms with Crippen LogP contribution in [0.25, 0.3) is 10.9 Å². The van der Waals surface area contributed by atoms with Gasteiger partial charge < -0.3 is 9.88 Å². The van der Waals surface area contributed by atoms with Gasteiger partial charge in [-0.2, -0.15) is 0 Å². The first-order valence-corrected chi connectivity index (χ1v) is 7.50. The van der Waals surface area contributed by atoms with Crippen molar-refractivity contribution in [3.63, 3.8) is 0 Å². The number of hydrogen-bond acceptors (Lipinski definition) is 1. The van der Waals surface area contributed by atoms with Gasteiger partial charge in [-0.15, -0.1) is 0 Å². The summed E-state index contributed by atoms with van der Waals surface area (Å²) >= 11 is 6.23. The van der Waals surface area contributed by atoms with Crippen LogP contribution in [0, 0.1) is 5.92 Å². The highest BCUT2D eigenvalue weighted by Crippen LogP contribution is 2.25. The maximum atomic E-state index is 6.23. The predicted octanol–water partition coefficient (Wildman–Crippen LogP) is 4.32. The smallest absolute Gasteiger partial charge is 0.0661 e. The number of para-hydroxylation sites is 1. The molecule has 1 aromatic carbocycles. The quantitative estimate of drug-likeness (QED) is 0.747. The van der Waals surface area contributed by atoms with E-state index in [-0.39, 0.29) is 0 Å². The maximum Gasteiger partial charge on any atom is 0.0661 e. The number of benzene rings is 1. The number of hydrogen-bond donors (Lipinski definition) is 1. The highest BCUT2D eigenvalue weighted by molar-refractivity contribution is 6.35. The molecule has 0 saturated heterocycles. The fraction of sp³-hybridized carbons (Fsp3) is 0.500. The van der Waals surface area contributed by atoms with Gasteiger partial charge in [0.1, 0.15) is 0 Å². The standard InChI is InChI=1S/C16H23ClN2/c1-13(2)6-5-9-18-10-11-19-12-15(17)14-7-3-4-8-16(14)19/h3-4,7-8,12-13,18H,5-6,9-11H2,1-2H3. The average molecular weight is 279 g/mol. The van der Waals surface area contributed by atoms with Crippen LogP contribution in [-0.2, 0) is 6.54 Å². The van der Waals surface area contributed by atoms with Gasteiger partial charge >= 0.3 is 0 Å². The van der Waals surface area contributed by atoms with Gasteiger partial charge in [0.15, 0.2) is 0 Å². The molecule has 0 spiro atoms. The van der Waals surface area contributed by atoms with Gasteiger partial charge in [-0.05, 0) is 31.4 Å². The van der Waals surface area contributed by atoms with Crippen molar-refractivity contribution < 1.29 is 0 Å². The molecule has 1 aromatic heterocycles. The molecule has 0 unspecified atom stereocenters. The number of aromatic nitrogens is 1. The van der Waals surface area contributed by atoms with Gasteiger partial charge in [-0.25, -0.2) is 0 Å². The average Bonchev–Trinajstić information content (AvgIpc) is 2.71. The molecule has 0 atom stereocenters. The zero-order valence-corrected chi connectivity index (χ0v) is 12.6. The Morgan fingerprint density at radius 1 is 1.21 bits per heavy atom. The van der Waals surface area contributed by atoms with E-state index in [9.17, 15) is 0 Å². The maximum absolute atomic E-state index is 6.23. The lowest BCUT2D eigenvalue weighted by Gasteiger charge is -2.08. The fourth-order valence-electron chi connectivity index (χ4n) is 2.35.